The van der Waals surface area contributed by atoms with E-state index in [4.69, 9.17) is 104 Å². The van der Waals surface area contributed by atoms with Crippen molar-refractivity contribution in [1.82, 2.24) is 0 Å². The van der Waals surface area contributed by atoms with Gasteiger partial charge in [-0.3, -0.25) is 0 Å². The van der Waals surface area contributed by atoms with Gasteiger partial charge in [0.2, 0.25) is 8.13 Å². The maximum Gasteiger partial charge on any atom is 0.226 e. The Hall–Kier alpha value is 1.83. The standard InChI is InChI=1S/C13H10Cl9/c1-7(2)8-4-3-5-9(6-8)10(14,15)11(16,17)12(18,19)13(20,21)22/h3-6H,1-2H3. The number of hydrogen-bond acceptors (Lipinski definition) is 0. The van der Waals surface area contributed by atoms with Crippen LogP contribution in [0.5, 0.6) is 0 Å². The van der Waals surface area contributed by atoms with Crippen LogP contribution in [-0.4, -0.2) is 12.5 Å². The fraction of sp³-hybridized carbons (Fsp3) is 0.462. The van der Waals surface area contributed by atoms with E-state index in [1.807, 2.05) is 19.9 Å². The van der Waals surface area contributed by atoms with Crippen molar-refractivity contribution in [2.24, 2.45) is 0 Å². The van der Waals surface area contributed by atoms with E-state index in [0.717, 1.165) is 11.5 Å². The van der Waals surface area contributed by atoms with Gasteiger partial charge in [-0.15, -0.1) is 0 Å². The zero-order valence-electron chi connectivity index (χ0n) is 11.2. The Morgan fingerprint density at radius 1 is 0.773 bits per heavy atom. The van der Waals surface area contributed by atoms with Crippen LogP contribution in [0.25, 0.3) is 0 Å². The lowest BCUT2D eigenvalue weighted by atomic mass is 9.97. The molecule has 0 saturated heterocycles. The van der Waals surface area contributed by atoms with E-state index in [0.29, 0.717) is 5.56 Å². The first-order chi connectivity index (χ1) is 9.66. The second kappa shape index (κ2) is 7.22. The molecule has 1 rings (SSSR count). The maximum absolute atomic E-state index is 6.37. The molecule has 9 heteroatoms. The van der Waals surface area contributed by atoms with Crippen LogP contribution in [-0.2, 0) is 4.33 Å². The largest absolute Gasteiger partial charge is 0.226 e. The van der Waals surface area contributed by atoms with Gasteiger partial charge in [0, 0.05) is 0 Å². The average Bonchev–Trinajstić information content (AvgIpc) is 2.37. The molecule has 0 aliphatic rings. The summed E-state index contributed by atoms with van der Waals surface area (Å²) >= 11 is 54.7. The van der Waals surface area contributed by atoms with E-state index in [-0.39, 0.29) is 0 Å². The third kappa shape index (κ3) is 3.97. The molecule has 0 atom stereocenters. The van der Waals surface area contributed by atoms with Crippen LogP contribution in [0, 0.1) is 5.92 Å². The number of hydrogen-bond donors (Lipinski definition) is 0. The highest BCUT2D eigenvalue weighted by Crippen LogP contribution is 2.65. The summed E-state index contributed by atoms with van der Waals surface area (Å²) in [5.41, 5.74) is 1.25. The van der Waals surface area contributed by atoms with Gasteiger partial charge in [-0.05, 0) is 17.0 Å². The molecule has 0 fully saturated rings. The minimum absolute atomic E-state index is 0.361. The fourth-order valence-corrected chi connectivity index (χ4v) is 3.79. The first-order valence-electron chi connectivity index (χ1n) is 5.77. The quantitative estimate of drug-likeness (QED) is 0.379. The van der Waals surface area contributed by atoms with E-state index in [1.165, 1.54) is 0 Å². The lowest BCUT2D eigenvalue weighted by Gasteiger charge is -2.44. The first-order valence-corrected chi connectivity index (χ1v) is 9.17. The molecule has 0 amide bonds. The van der Waals surface area contributed by atoms with Gasteiger partial charge in [0.25, 0.3) is 0 Å². The molecule has 125 valence electrons. The molecular weight excluding hydrogens is 475 g/mol. The smallest absolute Gasteiger partial charge is 0.0943 e. The Morgan fingerprint density at radius 3 is 1.68 bits per heavy atom. The highest BCUT2D eigenvalue weighted by molar-refractivity contribution is 6.80. The minimum atomic E-state index is -2.29. The maximum atomic E-state index is 6.37. The molecule has 0 unspecified atom stereocenters. The summed E-state index contributed by atoms with van der Waals surface area (Å²) in [5.74, 6) is 1.03. The van der Waals surface area contributed by atoms with Crippen LogP contribution >= 0.6 is 104 Å². The van der Waals surface area contributed by atoms with Crippen molar-refractivity contribution in [3.63, 3.8) is 0 Å². The molecule has 1 aromatic carbocycles. The van der Waals surface area contributed by atoms with E-state index in [1.54, 1.807) is 18.2 Å². The summed E-state index contributed by atoms with van der Waals surface area (Å²) < 4.78 is -8.72. The summed E-state index contributed by atoms with van der Waals surface area (Å²) in [6, 6.07) is 6.93. The zero-order valence-corrected chi connectivity index (χ0v) is 18.0. The van der Waals surface area contributed by atoms with Gasteiger partial charge in [0.15, 0.2) is 8.67 Å². The number of alkyl halides is 9. The molecule has 0 bridgehead atoms. The summed E-state index contributed by atoms with van der Waals surface area (Å²) in [4.78, 5) is 0. The molecule has 0 saturated carbocycles. The van der Waals surface area contributed by atoms with Gasteiger partial charge in [-0.1, -0.05) is 143 Å². The van der Waals surface area contributed by atoms with Crippen molar-refractivity contribution in [2.45, 2.75) is 30.6 Å². The van der Waals surface area contributed by atoms with E-state index < -0.39 is 16.8 Å². The molecule has 1 radical (unpaired) electrons. The van der Waals surface area contributed by atoms with Gasteiger partial charge in [0.1, 0.15) is 0 Å². The third-order valence-electron chi connectivity index (χ3n) is 2.95. The van der Waals surface area contributed by atoms with Crippen molar-refractivity contribution in [3.05, 3.63) is 41.3 Å². The molecule has 1 aromatic rings. The number of halogens is 9. The molecule has 0 spiro atoms. The SMILES string of the molecule is C[C](C)c1cccc(C(Cl)(Cl)C(Cl)(Cl)C(Cl)(Cl)C(Cl)(Cl)Cl)c1. The van der Waals surface area contributed by atoms with E-state index in [9.17, 15) is 0 Å². The Kier molecular flexibility index (Phi) is 7.17. The van der Waals surface area contributed by atoms with Crippen molar-refractivity contribution in [3.8, 4) is 0 Å². The van der Waals surface area contributed by atoms with Gasteiger partial charge in [0.05, 0.1) is 0 Å². The molecule has 0 aliphatic carbocycles. The van der Waals surface area contributed by atoms with Crippen molar-refractivity contribution < 1.29 is 0 Å². The highest BCUT2D eigenvalue weighted by Gasteiger charge is 2.68. The fourth-order valence-electron chi connectivity index (χ4n) is 1.58. The van der Waals surface area contributed by atoms with Crippen LogP contribution in [0.15, 0.2) is 24.3 Å². The minimum Gasteiger partial charge on any atom is -0.0943 e. The van der Waals surface area contributed by atoms with Crippen molar-refractivity contribution >= 4 is 104 Å². The van der Waals surface area contributed by atoms with Crippen LogP contribution in [0.3, 0.4) is 0 Å². The van der Waals surface area contributed by atoms with Crippen molar-refractivity contribution in [2.75, 3.05) is 0 Å². The summed E-state index contributed by atoms with van der Waals surface area (Å²) in [6.07, 6.45) is 0. The first kappa shape index (κ1) is 21.9. The molecule has 0 N–H and O–H groups in total. The van der Waals surface area contributed by atoms with E-state index >= 15 is 0 Å². The summed E-state index contributed by atoms with van der Waals surface area (Å²) in [5, 5.41) is 0. The normalized spacial score (nSPS) is 14.5. The topological polar surface area (TPSA) is 0 Å². The van der Waals surface area contributed by atoms with E-state index in [2.05, 4.69) is 0 Å². The predicted molar refractivity (Wildman–Crippen MR) is 103 cm³/mol. The average molecular weight is 485 g/mol. The summed E-state index contributed by atoms with van der Waals surface area (Å²) in [6.45, 7) is 3.85. The molecule has 22 heavy (non-hydrogen) atoms. The number of rotatable bonds is 4. The number of benzene rings is 1. The molecular formula is C13H10Cl9. The van der Waals surface area contributed by atoms with Gasteiger partial charge in [-0.2, -0.15) is 0 Å². The zero-order chi connectivity index (χ0) is 17.6. The second-order valence-electron chi connectivity index (χ2n) is 4.80. The monoisotopic (exact) mass is 481 g/mol. The molecule has 0 aromatic heterocycles. The van der Waals surface area contributed by atoms with Crippen LogP contribution in [0.4, 0.5) is 0 Å². The molecule has 0 nitrogen and oxygen atoms in total. The molecule has 0 heterocycles. The predicted octanol–water partition coefficient (Wildman–Crippen LogP) is 8.00. The second-order valence-corrected chi connectivity index (χ2v) is 11.1. The third-order valence-corrected chi connectivity index (χ3v) is 8.42. The van der Waals surface area contributed by atoms with Gasteiger partial charge < -0.3 is 0 Å². The van der Waals surface area contributed by atoms with Crippen LogP contribution < -0.4 is 0 Å². The Labute approximate surface area is 175 Å². The Morgan fingerprint density at radius 2 is 1.27 bits per heavy atom. The molecule has 0 aliphatic heterocycles. The van der Waals surface area contributed by atoms with Crippen LogP contribution in [0.2, 0.25) is 0 Å². The van der Waals surface area contributed by atoms with Gasteiger partial charge >= 0.3 is 0 Å². The van der Waals surface area contributed by atoms with Crippen molar-refractivity contribution in [1.29, 1.82) is 0 Å². The Balaban J connectivity index is 3.42. The summed E-state index contributed by atoms with van der Waals surface area (Å²) in [7, 11) is 0. The lowest BCUT2D eigenvalue weighted by molar-refractivity contribution is 0.600. The lowest BCUT2D eigenvalue weighted by Crippen LogP contribution is -2.54. The highest BCUT2D eigenvalue weighted by atomic mass is 35.6. The van der Waals surface area contributed by atoms with Crippen LogP contribution in [0.1, 0.15) is 25.0 Å². The van der Waals surface area contributed by atoms with Gasteiger partial charge in [-0.25, -0.2) is 0 Å². The Bertz CT molecular complexity index is 529.